The predicted molar refractivity (Wildman–Crippen MR) is 274 cm³/mol. The maximum Gasteiger partial charge on any atom is 0.234 e. The number of amidine groups is 1. The lowest BCUT2D eigenvalue weighted by Crippen LogP contribution is -2.47. The Morgan fingerprint density at radius 3 is 1.82 bits per heavy atom. The summed E-state index contributed by atoms with van der Waals surface area (Å²) in [5.74, 6) is 1.58. The minimum atomic E-state index is -0.652. The molecule has 17 heteroatoms. The van der Waals surface area contributed by atoms with Crippen LogP contribution in [0.5, 0.6) is 0 Å². The second-order valence-corrected chi connectivity index (χ2v) is 21.4. The van der Waals surface area contributed by atoms with Gasteiger partial charge in [-0.25, -0.2) is 0 Å². The van der Waals surface area contributed by atoms with E-state index >= 15 is 0 Å². The van der Waals surface area contributed by atoms with Crippen molar-refractivity contribution in [2.45, 2.75) is 131 Å². The number of amides is 2. The standard InChI is InChI=1S/C24H31BrN4O2.C17H29N5O2.C10H13BrO2/c1-14(2)22(21-11-16(4)27-31-21)23(30)29-13-15(3)10-20(29)19-12-24(5,28-26-19)17-6-8-18(25)9-7-17;1-6-19-20-16(18)13-7-11(4)9-22(13)17(23)15(10(2)3)14-8-12(5)21-24-14;1-10(12-2,13-3)8-4-6-9(11)7-5-8/h6-9,11,14-15,20,22,28H,10,12-13H2,1-5H3;8,10-11,13,15,19H,6-7,9H2,1-5H3,(H2,18,20);4-7H,1-3H3/t15-,20+,22?,24?;11-,13+,15-;/m11./s1. The van der Waals surface area contributed by atoms with Crippen molar-refractivity contribution >= 4 is 55.2 Å². The molecule has 5 heterocycles. The number of carbonyl (C=O) groups excluding carboxylic acids is 2. The molecule has 2 fully saturated rings. The first-order valence-electron chi connectivity index (χ1n) is 23.6. The summed E-state index contributed by atoms with van der Waals surface area (Å²) >= 11 is 6.88. The Balaban J connectivity index is 0.000000207. The third-order valence-corrected chi connectivity index (χ3v) is 14.1. The number of nitrogens with one attached hydrogen (secondary N) is 2. The molecule has 0 radical (unpaired) electrons. The highest BCUT2D eigenvalue weighted by molar-refractivity contribution is 9.10. The van der Waals surface area contributed by atoms with Gasteiger partial charge in [0.1, 0.15) is 29.2 Å². The number of benzene rings is 2. The van der Waals surface area contributed by atoms with Gasteiger partial charge in [-0.2, -0.15) is 10.2 Å². The largest absolute Gasteiger partial charge is 0.384 e. The van der Waals surface area contributed by atoms with E-state index in [1.807, 2.05) is 87.7 Å². The average molecular weight is 1070 g/mol. The first-order chi connectivity index (χ1) is 32.1. The van der Waals surface area contributed by atoms with E-state index in [1.54, 1.807) is 14.2 Å². The van der Waals surface area contributed by atoms with E-state index in [-0.39, 0.29) is 53.1 Å². The number of ether oxygens (including phenoxy) is 2. The van der Waals surface area contributed by atoms with Crippen LogP contribution in [0.4, 0.5) is 0 Å². The molecule has 3 aliphatic heterocycles. The summed E-state index contributed by atoms with van der Waals surface area (Å²) in [4.78, 5) is 30.9. The molecule has 0 spiro atoms. The first kappa shape index (κ1) is 54.4. The second-order valence-electron chi connectivity index (χ2n) is 19.5. The summed E-state index contributed by atoms with van der Waals surface area (Å²) in [5.41, 5.74) is 16.9. The molecule has 372 valence electrons. The van der Waals surface area contributed by atoms with Gasteiger partial charge in [-0.05, 0) is 101 Å². The molecule has 2 amide bonds. The Hall–Kier alpha value is -4.58. The topological polar surface area (TPSA) is 186 Å². The number of nitrogens with zero attached hydrogens (tertiary/aromatic N) is 6. The number of carbonyl (C=O) groups is 2. The fourth-order valence-electron chi connectivity index (χ4n) is 9.19. The van der Waals surface area contributed by atoms with Gasteiger partial charge in [0.25, 0.3) is 0 Å². The number of methoxy groups -OCH3 is 2. The average Bonchev–Trinajstić information content (AvgIpc) is 4.16. The van der Waals surface area contributed by atoms with Crippen LogP contribution < -0.4 is 16.6 Å². The molecule has 15 nitrogen and oxygen atoms in total. The predicted octanol–water partition coefficient (Wildman–Crippen LogP) is 9.74. The number of halogens is 2. The normalized spacial score (nSPS) is 22.5. The van der Waals surface area contributed by atoms with Gasteiger partial charge in [-0.1, -0.05) is 108 Å². The van der Waals surface area contributed by atoms with Gasteiger partial charge in [-0.15, -0.1) is 0 Å². The number of hydrogen-bond donors (Lipinski definition) is 3. The smallest absolute Gasteiger partial charge is 0.234 e. The van der Waals surface area contributed by atoms with E-state index in [0.717, 1.165) is 57.4 Å². The molecule has 4 N–H and O–H groups in total. The lowest BCUT2D eigenvalue weighted by molar-refractivity contribution is -0.201. The van der Waals surface area contributed by atoms with Crippen molar-refractivity contribution in [2.24, 2.45) is 39.6 Å². The minimum Gasteiger partial charge on any atom is -0.384 e. The first-order valence-corrected chi connectivity index (χ1v) is 25.2. The van der Waals surface area contributed by atoms with Crippen molar-refractivity contribution in [3.05, 3.63) is 104 Å². The molecule has 7 atom stereocenters. The third-order valence-electron chi connectivity index (χ3n) is 13.1. The van der Waals surface area contributed by atoms with E-state index in [4.69, 9.17) is 29.4 Å². The van der Waals surface area contributed by atoms with Gasteiger partial charge in [0.15, 0.2) is 5.79 Å². The van der Waals surface area contributed by atoms with Crippen LogP contribution in [-0.2, 0) is 30.4 Å². The van der Waals surface area contributed by atoms with Crippen molar-refractivity contribution in [1.82, 2.24) is 31.0 Å². The van der Waals surface area contributed by atoms with Gasteiger partial charge >= 0.3 is 0 Å². The molecule has 2 saturated heterocycles. The molecule has 7 rings (SSSR count). The van der Waals surface area contributed by atoms with E-state index in [9.17, 15) is 9.59 Å². The van der Waals surface area contributed by atoms with Crippen LogP contribution in [0.1, 0.15) is 127 Å². The Bertz CT molecular complexity index is 2330. The van der Waals surface area contributed by atoms with Crippen molar-refractivity contribution < 1.29 is 28.1 Å². The van der Waals surface area contributed by atoms with E-state index < -0.39 is 5.79 Å². The zero-order valence-corrected chi connectivity index (χ0v) is 45.3. The van der Waals surface area contributed by atoms with Gasteiger partial charge in [-0.3, -0.25) is 15.0 Å². The Morgan fingerprint density at radius 2 is 1.35 bits per heavy atom. The van der Waals surface area contributed by atoms with E-state index in [2.05, 4.69) is 117 Å². The Morgan fingerprint density at radius 1 is 0.868 bits per heavy atom. The lowest BCUT2D eigenvalue weighted by atomic mass is 9.86. The minimum absolute atomic E-state index is 0.0116. The van der Waals surface area contributed by atoms with Gasteiger partial charge in [0, 0.05) is 66.9 Å². The number of hydrazone groups is 2. The van der Waals surface area contributed by atoms with E-state index in [1.165, 1.54) is 5.56 Å². The summed E-state index contributed by atoms with van der Waals surface area (Å²) < 4.78 is 23.6. The number of rotatable bonds is 14. The molecule has 0 bridgehead atoms. The molecule has 2 unspecified atom stereocenters. The summed E-state index contributed by atoms with van der Waals surface area (Å²) in [5, 5.41) is 16.9. The van der Waals surface area contributed by atoms with Gasteiger partial charge in [0.05, 0.1) is 34.7 Å². The highest BCUT2D eigenvalue weighted by Crippen LogP contribution is 2.38. The van der Waals surface area contributed by atoms with Gasteiger partial charge < -0.3 is 39.5 Å². The van der Waals surface area contributed by atoms with Crippen LogP contribution in [0.2, 0.25) is 0 Å². The maximum absolute atomic E-state index is 13.7. The van der Waals surface area contributed by atoms with Crippen LogP contribution >= 0.6 is 31.9 Å². The van der Waals surface area contributed by atoms with Crippen molar-refractivity contribution in [3.8, 4) is 0 Å². The number of hydrogen-bond acceptors (Lipinski definition) is 12. The quantitative estimate of drug-likeness (QED) is 0.0473. The molecule has 68 heavy (non-hydrogen) atoms. The number of likely N-dealkylation sites (tertiary alicyclic amines) is 2. The Kier molecular flexibility index (Phi) is 19.0. The molecule has 2 aromatic carbocycles. The van der Waals surface area contributed by atoms with Crippen LogP contribution in [0.15, 0.2) is 88.9 Å². The molecular weight excluding hydrogens is 994 g/mol. The monoisotopic (exact) mass is 1070 g/mol. The highest BCUT2D eigenvalue weighted by atomic mass is 79.9. The van der Waals surface area contributed by atoms with Crippen LogP contribution in [0, 0.1) is 37.5 Å². The molecule has 0 saturated carbocycles. The lowest BCUT2D eigenvalue weighted by Gasteiger charge is -2.30. The summed E-state index contributed by atoms with van der Waals surface area (Å²) in [6, 6.07) is 19.8. The van der Waals surface area contributed by atoms with Gasteiger partial charge in [0.2, 0.25) is 11.8 Å². The molecular formula is C51H73Br2N9O6. The fourth-order valence-corrected chi connectivity index (χ4v) is 9.72. The number of aryl methyl sites for hydroxylation is 2. The van der Waals surface area contributed by atoms with Crippen LogP contribution in [-0.4, -0.2) is 89.4 Å². The zero-order valence-electron chi connectivity index (χ0n) is 42.1. The number of aromatic nitrogens is 2. The second kappa shape index (κ2) is 23.8. The van der Waals surface area contributed by atoms with Crippen molar-refractivity contribution in [1.29, 1.82) is 0 Å². The number of nitrogens with two attached hydrogens (primary N) is 1. The van der Waals surface area contributed by atoms with Crippen LogP contribution in [0.3, 0.4) is 0 Å². The summed E-state index contributed by atoms with van der Waals surface area (Å²) in [6.07, 6.45) is 2.54. The zero-order chi connectivity index (χ0) is 50.1. The maximum atomic E-state index is 13.7. The summed E-state index contributed by atoms with van der Waals surface area (Å²) in [7, 11) is 3.26. The SMILES string of the molecule is CCNN=C(N)[C@@H]1C[C@@H](C)CN1C(=O)[C@@H](c1cc(C)no1)C(C)C.COC(C)(OC)c1ccc(Br)cc1.Cc1cc(C(C(=O)N2C[C@H](C)C[C@H]2C2=NNC(C)(c3ccc(Br)cc3)C2)C(C)C)on1. The molecule has 4 aromatic rings. The molecule has 2 aromatic heterocycles. The fraction of sp³-hybridized carbons (Fsp3) is 0.569. The summed E-state index contributed by atoms with van der Waals surface area (Å²) in [6.45, 7) is 24.4. The van der Waals surface area contributed by atoms with E-state index in [0.29, 0.717) is 42.3 Å². The van der Waals surface area contributed by atoms with Crippen molar-refractivity contribution in [3.63, 3.8) is 0 Å². The molecule has 0 aliphatic carbocycles. The van der Waals surface area contributed by atoms with Crippen LogP contribution in [0.25, 0.3) is 0 Å². The third kappa shape index (κ3) is 13.2. The highest BCUT2D eigenvalue weighted by Gasteiger charge is 2.45. The van der Waals surface area contributed by atoms with Crippen molar-refractivity contribution in [2.75, 3.05) is 33.9 Å². The Labute approximate surface area is 420 Å². The molecule has 3 aliphatic rings.